The molecule has 6 nitrogen and oxygen atoms in total. The van der Waals surface area contributed by atoms with E-state index in [2.05, 4.69) is 25.5 Å². The molecule has 40 heavy (non-hydrogen) atoms. The molecule has 0 amide bonds. The van der Waals surface area contributed by atoms with Gasteiger partial charge in [0.2, 0.25) is 15.9 Å². The van der Waals surface area contributed by atoms with E-state index < -0.39 is 16.1 Å². The molecule has 1 aromatic heterocycles. The molecule has 3 aromatic carbocycles. The largest absolute Gasteiger partial charge is 0.272 e. The van der Waals surface area contributed by atoms with E-state index in [0.29, 0.717) is 5.92 Å². The first-order valence-electron chi connectivity index (χ1n) is 14.0. The number of nitrogens with one attached hydrogen (secondary N) is 1. The molecule has 3 atom stereocenters. The predicted molar refractivity (Wildman–Crippen MR) is 159 cm³/mol. The number of hydrogen-bond acceptors (Lipinski definition) is 4. The van der Waals surface area contributed by atoms with Crippen LogP contribution in [0.15, 0.2) is 89.8 Å². The third-order valence-corrected chi connectivity index (χ3v) is 9.49. The van der Waals surface area contributed by atoms with Crippen molar-refractivity contribution in [3.05, 3.63) is 107 Å². The smallest absolute Gasteiger partial charge is 0.249 e. The molecule has 1 heterocycles. The fourth-order valence-electron chi connectivity index (χ4n) is 5.77. The average Bonchev–Trinajstić information content (AvgIpc) is 3.35. The van der Waals surface area contributed by atoms with Crippen molar-refractivity contribution in [2.45, 2.75) is 69.7 Å². The number of sulfonamides is 1. The Morgan fingerprint density at radius 1 is 0.950 bits per heavy atom. The van der Waals surface area contributed by atoms with Gasteiger partial charge < -0.3 is 0 Å². The summed E-state index contributed by atoms with van der Waals surface area (Å²) in [4.78, 5) is 14.3. The normalized spacial score (nSPS) is 17.9. The molecule has 0 saturated heterocycles. The van der Waals surface area contributed by atoms with Gasteiger partial charge in [-0.2, -0.15) is 9.78 Å². The lowest BCUT2D eigenvalue weighted by Crippen LogP contribution is -2.31. The molecule has 0 spiro atoms. The summed E-state index contributed by atoms with van der Waals surface area (Å²) in [5.74, 6) is 0.689. The minimum atomic E-state index is -3.88. The number of aromatic nitrogens is 2. The van der Waals surface area contributed by atoms with Gasteiger partial charge >= 0.3 is 0 Å². The standard InChI is InChI=1S/C33H37N3O3S/c1-22(2)28-20-17-24(4)31-32(28)34-36(33(31)26-13-9-6-10-14-26)30(37)21-29(25-11-7-5-8-12-25)35-40(38,39)27-18-15-23(3)16-19-27/h5-16,18-19,22,24,28-29,35H,17,20-21H2,1-4H3/t24-,28+,29?/m1/s1. The third-order valence-electron chi connectivity index (χ3n) is 8.00. The fraction of sp³-hybridized carbons (Fsp3) is 0.333. The number of nitrogens with zero attached hydrogens (tertiary/aromatic N) is 2. The van der Waals surface area contributed by atoms with Crippen LogP contribution in [0.25, 0.3) is 11.3 Å². The van der Waals surface area contributed by atoms with Crippen LogP contribution in [0.5, 0.6) is 0 Å². The highest BCUT2D eigenvalue weighted by atomic mass is 32.2. The Bertz CT molecular complexity index is 1580. The number of carbonyl (C=O) groups excluding carboxylic acids is 1. The van der Waals surface area contributed by atoms with Gasteiger partial charge in [-0.15, -0.1) is 0 Å². The zero-order valence-corrected chi connectivity index (χ0v) is 24.4. The van der Waals surface area contributed by atoms with Crippen molar-refractivity contribution < 1.29 is 13.2 Å². The van der Waals surface area contributed by atoms with E-state index in [1.165, 1.54) is 0 Å². The lowest BCUT2D eigenvalue weighted by atomic mass is 9.75. The highest BCUT2D eigenvalue weighted by molar-refractivity contribution is 7.89. The summed E-state index contributed by atoms with van der Waals surface area (Å²) in [6.45, 7) is 8.53. The van der Waals surface area contributed by atoms with E-state index in [-0.39, 0.29) is 29.1 Å². The maximum atomic E-state index is 14.2. The van der Waals surface area contributed by atoms with Crippen molar-refractivity contribution in [1.29, 1.82) is 0 Å². The van der Waals surface area contributed by atoms with Gasteiger partial charge in [-0.25, -0.2) is 13.1 Å². The summed E-state index contributed by atoms with van der Waals surface area (Å²) >= 11 is 0. The Morgan fingerprint density at radius 2 is 1.57 bits per heavy atom. The molecule has 0 fully saturated rings. The van der Waals surface area contributed by atoms with Crippen LogP contribution < -0.4 is 4.72 Å². The Kier molecular flexibility index (Phi) is 8.06. The number of aryl methyl sites for hydroxylation is 1. The molecule has 1 N–H and O–H groups in total. The number of benzene rings is 3. The molecule has 0 saturated carbocycles. The zero-order chi connectivity index (χ0) is 28.4. The van der Waals surface area contributed by atoms with Crippen LogP contribution in [-0.2, 0) is 10.0 Å². The van der Waals surface area contributed by atoms with Crippen LogP contribution >= 0.6 is 0 Å². The van der Waals surface area contributed by atoms with Gasteiger partial charge in [-0.3, -0.25) is 4.79 Å². The quantitative estimate of drug-likeness (QED) is 0.248. The van der Waals surface area contributed by atoms with Crippen LogP contribution in [0.2, 0.25) is 0 Å². The molecule has 0 radical (unpaired) electrons. The van der Waals surface area contributed by atoms with Gasteiger partial charge in [-0.1, -0.05) is 99.1 Å². The third kappa shape index (κ3) is 5.67. The lowest BCUT2D eigenvalue weighted by Gasteiger charge is -2.28. The molecule has 208 valence electrons. The first-order chi connectivity index (χ1) is 19.2. The Hall–Kier alpha value is -3.55. The summed E-state index contributed by atoms with van der Waals surface area (Å²) in [6, 6.07) is 25.2. The molecule has 1 aliphatic rings. The molecule has 4 aromatic rings. The molecule has 0 bridgehead atoms. The van der Waals surface area contributed by atoms with Crippen molar-refractivity contribution >= 4 is 15.9 Å². The van der Waals surface area contributed by atoms with Gasteiger partial charge in [0, 0.05) is 23.5 Å². The minimum Gasteiger partial charge on any atom is -0.272 e. The van der Waals surface area contributed by atoms with E-state index in [1.807, 2.05) is 67.6 Å². The van der Waals surface area contributed by atoms with Crippen LogP contribution in [0.1, 0.15) is 85.1 Å². The van der Waals surface area contributed by atoms with Gasteiger partial charge in [0.1, 0.15) is 0 Å². The minimum absolute atomic E-state index is 0.0732. The monoisotopic (exact) mass is 555 g/mol. The predicted octanol–water partition coefficient (Wildman–Crippen LogP) is 7.25. The second kappa shape index (κ2) is 11.5. The number of fused-ring (bicyclic) bond motifs is 1. The molecule has 1 aliphatic carbocycles. The van der Waals surface area contributed by atoms with E-state index >= 15 is 0 Å². The van der Waals surface area contributed by atoms with Gasteiger partial charge in [0.15, 0.2) is 0 Å². The maximum absolute atomic E-state index is 14.2. The highest BCUT2D eigenvalue weighted by Gasteiger charge is 2.36. The van der Waals surface area contributed by atoms with Crippen molar-refractivity contribution in [3.8, 4) is 11.3 Å². The molecular weight excluding hydrogens is 518 g/mol. The van der Waals surface area contributed by atoms with Crippen molar-refractivity contribution in [2.75, 3.05) is 0 Å². The summed E-state index contributed by atoms with van der Waals surface area (Å²) in [5, 5.41) is 4.98. The van der Waals surface area contributed by atoms with Crippen molar-refractivity contribution in [3.63, 3.8) is 0 Å². The van der Waals surface area contributed by atoms with Gasteiger partial charge in [0.05, 0.1) is 22.3 Å². The Balaban J connectivity index is 1.57. The SMILES string of the molecule is Cc1ccc(S(=O)(=O)NC(CC(=O)n2nc3c(c2-c2ccccc2)[C@H](C)CC[C@H]3C(C)C)c2ccccc2)cc1. The van der Waals surface area contributed by atoms with Crippen LogP contribution in [-0.4, -0.2) is 24.1 Å². The van der Waals surface area contributed by atoms with Gasteiger partial charge in [-0.05, 0) is 49.3 Å². The first kappa shape index (κ1) is 28.0. The molecule has 1 unspecified atom stereocenters. The Labute approximate surface area is 237 Å². The highest BCUT2D eigenvalue weighted by Crippen LogP contribution is 2.46. The summed E-state index contributed by atoms with van der Waals surface area (Å²) < 4.78 is 31.2. The summed E-state index contributed by atoms with van der Waals surface area (Å²) in [7, 11) is -3.88. The van der Waals surface area contributed by atoms with E-state index in [9.17, 15) is 13.2 Å². The molecular formula is C33H37N3O3S. The maximum Gasteiger partial charge on any atom is 0.249 e. The Morgan fingerprint density at radius 3 is 2.20 bits per heavy atom. The van der Waals surface area contributed by atoms with E-state index in [1.54, 1.807) is 28.9 Å². The lowest BCUT2D eigenvalue weighted by molar-refractivity contribution is 0.0877. The molecule has 7 heteroatoms. The number of carbonyl (C=O) groups is 1. The van der Waals surface area contributed by atoms with Crippen molar-refractivity contribution in [2.24, 2.45) is 5.92 Å². The van der Waals surface area contributed by atoms with Gasteiger partial charge in [0.25, 0.3) is 0 Å². The second-order valence-corrected chi connectivity index (χ2v) is 13.0. The number of hydrogen-bond donors (Lipinski definition) is 1. The second-order valence-electron chi connectivity index (χ2n) is 11.2. The topological polar surface area (TPSA) is 81.1 Å². The zero-order valence-electron chi connectivity index (χ0n) is 23.5. The fourth-order valence-corrected chi connectivity index (χ4v) is 6.99. The summed E-state index contributed by atoms with van der Waals surface area (Å²) in [5.41, 5.74) is 5.60. The first-order valence-corrected chi connectivity index (χ1v) is 15.5. The molecule has 0 aliphatic heterocycles. The average molecular weight is 556 g/mol. The van der Waals surface area contributed by atoms with Crippen LogP contribution in [0, 0.1) is 12.8 Å². The summed E-state index contributed by atoms with van der Waals surface area (Å²) in [6.07, 6.45) is 2.00. The van der Waals surface area contributed by atoms with Crippen LogP contribution in [0.3, 0.4) is 0 Å². The van der Waals surface area contributed by atoms with Crippen LogP contribution in [0.4, 0.5) is 0 Å². The number of rotatable bonds is 8. The van der Waals surface area contributed by atoms with E-state index in [4.69, 9.17) is 5.10 Å². The van der Waals surface area contributed by atoms with E-state index in [0.717, 1.165) is 46.5 Å². The van der Waals surface area contributed by atoms with Crippen molar-refractivity contribution in [1.82, 2.24) is 14.5 Å². The molecule has 5 rings (SSSR count).